The quantitative estimate of drug-likeness (QED) is 0.423. The van der Waals surface area contributed by atoms with Gasteiger partial charge in [-0.3, -0.25) is 25.0 Å². The van der Waals surface area contributed by atoms with Crippen molar-refractivity contribution in [3.05, 3.63) is 59.5 Å². The third kappa shape index (κ3) is 4.19. The first-order chi connectivity index (χ1) is 13.6. The van der Waals surface area contributed by atoms with E-state index in [1.807, 2.05) is 6.07 Å². The molecule has 1 aromatic heterocycles. The van der Waals surface area contributed by atoms with E-state index in [2.05, 4.69) is 5.32 Å². The van der Waals surface area contributed by atoms with Gasteiger partial charge in [0.2, 0.25) is 0 Å². The number of nitrogens with zero attached hydrogens (tertiary/aromatic N) is 3. The van der Waals surface area contributed by atoms with Gasteiger partial charge in [0.1, 0.15) is 21.5 Å². The number of ether oxygens (including phenoxy) is 1. The largest absolute Gasteiger partial charge is 0.462 e. The maximum Gasteiger partial charge on any atom is 0.341 e. The van der Waals surface area contributed by atoms with Crippen LogP contribution in [-0.2, 0) is 4.74 Å². The Kier molecular flexibility index (Phi) is 6.25. The molecule has 0 aliphatic rings. The number of carbonyl (C=O) groups is 2. The number of carbonyl (C=O) groups excluding carboxylic acids is 2. The number of nitriles is 1. The van der Waals surface area contributed by atoms with Crippen molar-refractivity contribution in [3.63, 3.8) is 0 Å². The van der Waals surface area contributed by atoms with Gasteiger partial charge in [0.05, 0.1) is 27.6 Å². The van der Waals surface area contributed by atoms with Crippen LogP contribution in [0.1, 0.15) is 43.6 Å². The fraction of sp³-hybridized carbons (Fsp3) is 0.235. The summed E-state index contributed by atoms with van der Waals surface area (Å²) in [5.74, 6) is -1.66. The molecule has 0 fully saturated rings. The number of hydrogen-bond acceptors (Lipinski definition) is 9. The second kappa shape index (κ2) is 8.44. The average Bonchev–Trinajstić information content (AvgIpc) is 2.96. The Balaban J connectivity index is 2.53. The van der Waals surface area contributed by atoms with E-state index >= 15 is 0 Å². The predicted molar refractivity (Wildman–Crippen MR) is 102 cm³/mol. The minimum Gasteiger partial charge on any atom is -0.462 e. The number of amides is 1. The highest BCUT2D eigenvalue weighted by molar-refractivity contribution is 7.17. The summed E-state index contributed by atoms with van der Waals surface area (Å²) in [5.41, 5.74) is -1.41. The van der Waals surface area contributed by atoms with Crippen LogP contribution < -0.4 is 5.32 Å². The zero-order chi connectivity index (χ0) is 21.9. The van der Waals surface area contributed by atoms with Crippen LogP contribution in [0.4, 0.5) is 16.4 Å². The number of nitro groups is 2. The Hall–Kier alpha value is -3.85. The van der Waals surface area contributed by atoms with E-state index in [9.17, 15) is 35.1 Å². The number of benzene rings is 1. The number of hydrogen-bond donors (Lipinski definition) is 1. The average molecular weight is 418 g/mol. The second-order valence-corrected chi connectivity index (χ2v) is 6.72. The van der Waals surface area contributed by atoms with Gasteiger partial charge in [0, 0.05) is 12.1 Å². The third-order valence-electron chi connectivity index (χ3n) is 3.96. The van der Waals surface area contributed by atoms with Crippen LogP contribution in [0.2, 0.25) is 0 Å². The fourth-order valence-corrected chi connectivity index (χ4v) is 3.51. The molecule has 0 aliphatic heterocycles. The summed E-state index contributed by atoms with van der Waals surface area (Å²) in [4.78, 5) is 45.7. The molecule has 0 unspecified atom stereocenters. The molecule has 1 amide bonds. The minimum atomic E-state index is -0.910. The molecular weight excluding hydrogens is 404 g/mol. The molecule has 0 bridgehead atoms. The van der Waals surface area contributed by atoms with Gasteiger partial charge in [0.15, 0.2) is 0 Å². The van der Waals surface area contributed by atoms with Crippen LogP contribution >= 0.6 is 11.3 Å². The fourth-order valence-electron chi connectivity index (χ4n) is 2.53. The number of thiophene rings is 1. The summed E-state index contributed by atoms with van der Waals surface area (Å²) >= 11 is 0.826. The van der Waals surface area contributed by atoms with Crippen LogP contribution in [-0.4, -0.2) is 28.3 Å². The molecule has 0 saturated heterocycles. The van der Waals surface area contributed by atoms with E-state index in [-0.39, 0.29) is 33.2 Å². The van der Waals surface area contributed by atoms with Gasteiger partial charge in [-0.1, -0.05) is 0 Å². The van der Waals surface area contributed by atoms with Crippen molar-refractivity contribution in [2.24, 2.45) is 0 Å². The lowest BCUT2D eigenvalue weighted by atomic mass is 10.1. The monoisotopic (exact) mass is 418 g/mol. The van der Waals surface area contributed by atoms with Crippen molar-refractivity contribution in [1.29, 1.82) is 5.26 Å². The zero-order valence-corrected chi connectivity index (χ0v) is 16.3. The highest BCUT2D eigenvalue weighted by Crippen LogP contribution is 2.34. The highest BCUT2D eigenvalue weighted by Gasteiger charge is 2.28. The molecule has 2 aromatic rings. The molecule has 1 N–H and O–H groups in total. The van der Waals surface area contributed by atoms with Gasteiger partial charge in [-0.25, -0.2) is 4.79 Å². The molecule has 0 radical (unpaired) electrons. The number of anilines is 1. The molecule has 1 aromatic carbocycles. The molecular formula is C17H14N4O7S. The zero-order valence-electron chi connectivity index (χ0n) is 15.5. The van der Waals surface area contributed by atoms with Crippen molar-refractivity contribution in [1.82, 2.24) is 0 Å². The summed E-state index contributed by atoms with van der Waals surface area (Å²) in [6.07, 6.45) is 0. The van der Waals surface area contributed by atoms with E-state index in [0.717, 1.165) is 23.5 Å². The van der Waals surface area contributed by atoms with E-state index in [1.165, 1.54) is 13.8 Å². The molecule has 12 heteroatoms. The smallest absolute Gasteiger partial charge is 0.341 e. The van der Waals surface area contributed by atoms with Crippen molar-refractivity contribution in [2.45, 2.75) is 20.8 Å². The molecule has 150 valence electrons. The highest BCUT2D eigenvalue weighted by atomic mass is 32.1. The van der Waals surface area contributed by atoms with Crippen molar-refractivity contribution >= 4 is 39.6 Å². The standard InChI is InChI=1S/C17H14N4O7S/c1-4-28-17(23)14-9(3)13(7-18)29-16(14)19-15(22)10-5-11(20(24)25)8(2)12(6-10)21(26)27/h5-6H,4H2,1-3H3,(H,19,22). The Labute approximate surface area is 167 Å². The Morgan fingerprint density at radius 3 is 2.17 bits per heavy atom. The van der Waals surface area contributed by atoms with Crippen molar-refractivity contribution in [2.75, 3.05) is 11.9 Å². The first kappa shape index (κ1) is 21.5. The van der Waals surface area contributed by atoms with Crippen LogP contribution in [0.15, 0.2) is 12.1 Å². The molecule has 0 saturated carbocycles. The lowest BCUT2D eigenvalue weighted by Crippen LogP contribution is -2.15. The topological polar surface area (TPSA) is 165 Å². The molecule has 0 aliphatic carbocycles. The van der Waals surface area contributed by atoms with Crippen molar-refractivity contribution in [3.8, 4) is 6.07 Å². The third-order valence-corrected chi connectivity index (χ3v) is 5.08. The first-order valence-corrected chi connectivity index (χ1v) is 8.89. The van der Waals surface area contributed by atoms with Gasteiger partial charge in [0.25, 0.3) is 17.3 Å². The Bertz CT molecular complexity index is 1050. The van der Waals surface area contributed by atoms with Crippen LogP contribution in [0.3, 0.4) is 0 Å². The second-order valence-electron chi connectivity index (χ2n) is 5.70. The van der Waals surface area contributed by atoms with Gasteiger partial charge in [-0.2, -0.15) is 5.26 Å². The van der Waals surface area contributed by atoms with E-state index in [1.54, 1.807) is 6.92 Å². The van der Waals surface area contributed by atoms with E-state index < -0.39 is 33.1 Å². The molecule has 1 heterocycles. The van der Waals surface area contributed by atoms with Gasteiger partial charge in [-0.15, -0.1) is 11.3 Å². The normalized spacial score (nSPS) is 10.1. The van der Waals surface area contributed by atoms with Gasteiger partial charge < -0.3 is 10.1 Å². The molecule has 0 atom stereocenters. The van der Waals surface area contributed by atoms with Crippen LogP contribution in [0, 0.1) is 45.4 Å². The summed E-state index contributed by atoms with van der Waals surface area (Å²) in [6.45, 7) is 4.38. The van der Waals surface area contributed by atoms with E-state index in [4.69, 9.17) is 4.74 Å². The number of nitro benzene ring substituents is 2. The number of esters is 1. The van der Waals surface area contributed by atoms with Crippen LogP contribution in [0.25, 0.3) is 0 Å². The summed E-state index contributed by atoms with van der Waals surface area (Å²) in [6, 6.07) is 3.72. The SMILES string of the molecule is CCOC(=O)c1c(NC(=O)c2cc([N+](=O)[O-])c(C)c([N+](=O)[O-])c2)sc(C#N)c1C. The molecule has 0 spiro atoms. The summed E-state index contributed by atoms with van der Waals surface area (Å²) in [5, 5.41) is 34.0. The Morgan fingerprint density at radius 2 is 1.72 bits per heavy atom. The molecule has 11 nitrogen and oxygen atoms in total. The molecule has 2 rings (SSSR count). The predicted octanol–water partition coefficient (Wildman–Crippen LogP) is 3.48. The van der Waals surface area contributed by atoms with Crippen molar-refractivity contribution < 1.29 is 24.2 Å². The minimum absolute atomic E-state index is 0.00776. The lowest BCUT2D eigenvalue weighted by Gasteiger charge is -2.08. The first-order valence-electron chi connectivity index (χ1n) is 8.07. The van der Waals surface area contributed by atoms with E-state index in [0.29, 0.717) is 5.56 Å². The maximum absolute atomic E-state index is 12.6. The lowest BCUT2D eigenvalue weighted by molar-refractivity contribution is -0.395. The number of nitrogens with one attached hydrogen (secondary N) is 1. The van der Waals surface area contributed by atoms with Crippen LogP contribution in [0.5, 0.6) is 0 Å². The number of rotatable bonds is 6. The Morgan fingerprint density at radius 1 is 1.17 bits per heavy atom. The summed E-state index contributed by atoms with van der Waals surface area (Å²) < 4.78 is 4.94. The van der Waals surface area contributed by atoms with Gasteiger partial charge >= 0.3 is 5.97 Å². The van der Waals surface area contributed by atoms with Gasteiger partial charge in [-0.05, 0) is 26.3 Å². The maximum atomic E-state index is 12.6. The molecule has 29 heavy (non-hydrogen) atoms. The summed E-state index contributed by atoms with van der Waals surface area (Å²) in [7, 11) is 0.